The summed E-state index contributed by atoms with van der Waals surface area (Å²) in [6.45, 7) is 7.21. The highest BCUT2D eigenvalue weighted by Gasteiger charge is 2.34. The average Bonchev–Trinajstić information content (AvgIpc) is 2.75. The van der Waals surface area contributed by atoms with Crippen LogP contribution in [0.3, 0.4) is 0 Å². The van der Waals surface area contributed by atoms with Crippen LogP contribution in [0.1, 0.15) is 32.3 Å². The zero-order valence-corrected chi connectivity index (χ0v) is 13.0. The summed E-state index contributed by atoms with van der Waals surface area (Å²) >= 11 is 6.17. The molecule has 4 heteroatoms. The fraction of sp³-hybridized carbons (Fsp3) is 0.625. The second-order valence-electron chi connectivity index (χ2n) is 6.17. The van der Waals surface area contributed by atoms with Crippen molar-refractivity contribution in [2.45, 2.75) is 51.5 Å². The van der Waals surface area contributed by atoms with Gasteiger partial charge in [-0.05, 0) is 36.6 Å². The van der Waals surface area contributed by atoms with E-state index in [1.807, 2.05) is 6.07 Å². The number of halogens is 1. The van der Waals surface area contributed by atoms with Crippen molar-refractivity contribution in [1.82, 2.24) is 5.32 Å². The minimum absolute atomic E-state index is 0.412. The van der Waals surface area contributed by atoms with Gasteiger partial charge < -0.3 is 15.0 Å². The molecule has 110 valence electrons. The van der Waals surface area contributed by atoms with Crippen LogP contribution in [0.4, 0.5) is 5.69 Å². The van der Waals surface area contributed by atoms with Crippen LogP contribution in [0.2, 0.25) is 5.02 Å². The number of morpholine rings is 1. The third-order valence-corrected chi connectivity index (χ3v) is 4.36. The van der Waals surface area contributed by atoms with Gasteiger partial charge in [0.1, 0.15) is 0 Å². The van der Waals surface area contributed by atoms with E-state index in [9.17, 15) is 0 Å². The number of nitrogens with one attached hydrogen (secondary N) is 1. The molecule has 3 nitrogen and oxygen atoms in total. The Labute approximate surface area is 126 Å². The molecule has 2 aliphatic rings. The molecule has 3 rings (SSSR count). The van der Waals surface area contributed by atoms with Crippen molar-refractivity contribution < 1.29 is 4.74 Å². The molecule has 2 atom stereocenters. The molecule has 2 heterocycles. The van der Waals surface area contributed by atoms with E-state index >= 15 is 0 Å². The highest BCUT2D eigenvalue weighted by molar-refractivity contribution is 6.30. The van der Waals surface area contributed by atoms with Crippen molar-refractivity contribution in [3.05, 3.63) is 28.8 Å². The van der Waals surface area contributed by atoms with Crippen LogP contribution in [0.15, 0.2) is 18.2 Å². The minimum atomic E-state index is 0.412. The summed E-state index contributed by atoms with van der Waals surface area (Å²) < 4.78 is 5.93. The Morgan fingerprint density at radius 1 is 1.30 bits per heavy atom. The predicted molar refractivity (Wildman–Crippen MR) is 83.5 cm³/mol. The number of nitrogens with zero attached hydrogens (tertiary/aromatic N) is 1. The molecular weight excluding hydrogens is 272 g/mol. The summed E-state index contributed by atoms with van der Waals surface area (Å²) in [5, 5.41) is 4.30. The third-order valence-electron chi connectivity index (χ3n) is 4.13. The zero-order valence-electron chi connectivity index (χ0n) is 12.2. The Morgan fingerprint density at radius 3 is 2.65 bits per heavy atom. The maximum atomic E-state index is 6.17. The first-order valence-corrected chi connectivity index (χ1v) is 7.92. The fourth-order valence-electron chi connectivity index (χ4n) is 3.13. The summed E-state index contributed by atoms with van der Waals surface area (Å²) in [6.07, 6.45) is 3.23. The number of rotatable bonds is 4. The van der Waals surface area contributed by atoms with Gasteiger partial charge in [0.2, 0.25) is 0 Å². The molecule has 2 fully saturated rings. The van der Waals surface area contributed by atoms with E-state index in [-0.39, 0.29) is 0 Å². The van der Waals surface area contributed by atoms with Crippen LogP contribution < -0.4 is 10.2 Å². The van der Waals surface area contributed by atoms with E-state index < -0.39 is 0 Å². The average molecular weight is 295 g/mol. The van der Waals surface area contributed by atoms with Crippen molar-refractivity contribution in [3.63, 3.8) is 0 Å². The monoisotopic (exact) mass is 294 g/mol. The maximum absolute atomic E-state index is 6.17. The molecule has 2 unspecified atom stereocenters. The van der Waals surface area contributed by atoms with Crippen molar-refractivity contribution >= 4 is 17.3 Å². The van der Waals surface area contributed by atoms with Crippen LogP contribution in [0, 0.1) is 0 Å². The Morgan fingerprint density at radius 2 is 2.00 bits per heavy atom. The topological polar surface area (TPSA) is 24.5 Å². The van der Waals surface area contributed by atoms with E-state index in [2.05, 4.69) is 36.2 Å². The van der Waals surface area contributed by atoms with E-state index in [0.717, 1.165) is 24.7 Å². The van der Waals surface area contributed by atoms with Crippen LogP contribution in [0.5, 0.6) is 0 Å². The summed E-state index contributed by atoms with van der Waals surface area (Å²) in [4.78, 5) is 2.47. The molecule has 0 aromatic heterocycles. The van der Waals surface area contributed by atoms with Gasteiger partial charge >= 0.3 is 0 Å². The molecule has 0 amide bonds. The number of benzene rings is 1. The highest BCUT2D eigenvalue weighted by Crippen LogP contribution is 2.32. The van der Waals surface area contributed by atoms with Crippen molar-refractivity contribution in [2.75, 3.05) is 18.0 Å². The first-order valence-electron chi connectivity index (χ1n) is 7.54. The number of hydrogen-bond acceptors (Lipinski definition) is 3. The Bertz CT molecular complexity index is 466. The quantitative estimate of drug-likeness (QED) is 0.923. The van der Waals surface area contributed by atoms with Crippen LogP contribution in [-0.4, -0.2) is 31.3 Å². The van der Waals surface area contributed by atoms with Gasteiger partial charge in [-0.25, -0.2) is 0 Å². The number of hydrogen-bond donors (Lipinski definition) is 1. The zero-order chi connectivity index (χ0) is 14.1. The lowest BCUT2D eigenvalue weighted by molar-refractivity contribution is 0.0304. The molecule has 1 aromatic carbocycles. The highest BCUT2D eigenvalue weighted by atomic mass is 35.5. The van der Waals surface area contributed by atoms with E-state index in [4.69, 9.17) is 16.3 Å². The molecule has 2 saturated heterocycles. The van der Waals surface area contributed by atoms with Gasteiger partial charge in [-0.15, -0.1) is 0 Å². The van der Waals surface area contributed by atoms with Crippen LogP contribution >= 0.6 is 11.6 Å². The molecule has 20 heavy (non-hydrogen) atoms. The lowest BCUT2D eigenvalue weighted by Crippen LogP contribution is -2.43. The molecule has 1 N–H and O–H groups in total. The molecular formula is C16H23ClN2O. The summed E-state index contributed by atoms with van der Waals surface area (Å²) in [6, 6.07) is 6.71. The van der Waals surface area contributed by atoms with Crippen molar-refractivity contribution in [2.24, 2.45) is 0 Å². The molecule has 2 aliphatic heterocycles. The van der Waals surface area contributed by atoms with Gasteiger partial charge in [0.25, 0.3) is 0 Å². The van der Waals surface area contributed by atoms with Crippen LogP contribution in [-0.2, 0) is 11.3 Å². The minimum Gasteiger partial charge on any atom is -0.371 e. The molecule has 1 aromatic rings. The third kappa shape index (κ3) is 3.11. The Kier molecular flexibility index (Phi) is 4.20. The van der Waals surface area contributed by atoms with E-state index in [1.54, 1.807) is 0 Å². The number of ether oxygens (including phenoxy) is 1. The first-order chi connectivity index (χ1) is 9.61. The van der Waals surface area contributed by atoms with Gasteiger partial charge in [-0.2, -0.15) is 0 Å². The number of anilines is 1. The van der Waals surface area contributed by atoms with E-state index in [0.29, 0.717) is 18.2 Å². The maximum Gasteiger partial charge on any atom is 0.0755 e. The van der Waals surface area contributed by atoms with Crippen molar-refractivity contribution in [1.29, 1.82) is 0 Å². The standard InChI is InChI=1S/C16H23ClN2O/c1-11(2)18-8-12-7-13(17)3-6-16(12)19-9-14-4-5-15(10-19)20-14/h3,6-7,11,14-15,18H,4-5,8-10H2,1-2H3. The molecule has 2 bridgehead atoms. The van der Waals surface area contributed by atoms with Gasteiger partial charge in [0.05, 0.1) is 12.2 Å². The van der Waals surface area contributed by atoms with E-state index in [1.165, 1.54) is 24.1 Å². The Balaban J connectivity index is 1.80. The second-order valence-corrected chi connectivity index (χ2v) is 6.61. The first kappa shape index (κ1) is 14.2. The van der Waals surface area contributed by atoms with Crippen molar-refractivity contribution in [3.8, 4) is 0 Å². The van der Waals surface area contributed by atoms with Crippen LogP contribution in [0.25, 0.3) is 0 Å². The van der Waals surface area contributed by atoms with Gasteiger partial charge in [0, 0.05) is 36.4 Å². The summed E-state index contributed by atoms with van der Waals surface area (Å²) in [5.41, 5.74) is 2.59. The smallest absolute Gasteiger partial charge is 0.0755 e. The largest absolute Gasteiger partial charge is 0.371 e. The lowest BCUT2D eigenvalue weighted by atomic mass is 10.1. The fourth-order valence-corrected chi connectivity index (χ4v) is 3.32. The Hall–Kier alpha value is -0.770. The summed E-state index contributed by atoms with van der Waals surface area (Å²) in [7, 11) is 0. The SMILES string of the molecule is CC(C)NCc1cc(Cl)ccc1N1CC2CCC(C1)O2. The summed E-state index contributed by atoms with van der Waals surface area (Å²) in [5.74, 6) is 0. The predicted octanol–water partition coefficient (Wildman–Crippen LogP) is 3.21. The molecule has 0 radical (unpaired) electrons. The molecule has 0 saturated carbocycles. The molecule has 0 spiro atoms. The number of fused-ring (bicyclic) bond motifs is 2. The van der Waals surface area contributed by atoms with Gasteiger partial charge in [-0.1, -0.05) is 25.4 Å². The second kappa shape index (κ2) is 5.92. The van der Waals surface area contributed by atoms with Gasteiger partial charge in [-0.3, -0.25) is 0 Å². The lowest BCUT2D eigenvalue weighted by Gasteiger charge is -2.35. The van der Waals surface area contributed by atoms with Gasteiger partial charge in [0.15, 0.2) is 0 Å². The normalized spacial score (nSPS) is 25.5. The molecule has 0 aliphatic carbocycles.